The molecular formula is C10H24N2O2S. The van der Waals surface area contributed by atoms with Crippen molar-refractivity contribution in [2.75, 3.05) is 32.9 Å². The van der Waals surface area contributed by atoms with E-state index < -0.39 is 9.84 Å². The van der Waals surface area contributed by atoms with Gasteiger partial charge < -0.3 is 10.2 Å². The minimum Gasteiger partial charge on any atom is -0.312 e. The van der Waals surface area contributed by atoms with Gasteiger partial charge in [0.15, 0.2) is 9.84 Å². The molecule has 4 nitrogen and oxygen atoms in total. The Bertz CT molecular complexity index is 261. The van der Waals surface area contributed by atoms with E-state index in [1.807, 2.05) is 14.1 Å². The summed E-state index contributed by atoms with van der Waals surface area (Å²) in [7, 11) is 1.11. The molecule has 0 aromatic rings. The average molecular weight is 236 g/mol. The van der Waals surface area contributed by atoms with E-state index in [4.69, 9.17) is 0 Å². The molecule has 1 N–H and O–H groups in total. The second kappa shape index (κ2) is 6.45. The highest BCUT2D eigenvalue weighted by molar-refractivity contribution is 7.92. The molecule has 0 fully saturated rings. The van der Waals surface area contributed by atoms with Crippen LogP contribution in [0.1, 0.15) is 20.8 Å². The van der Waals surface area contributed by atoms with Crippen molar-refractivity contribution in [3.63, 3.8) is 0 Å². The quantitative estimate of drug-likeness (QED) is 0.693. The summed E-state index contributed by atoms with van der Waals surface area (Å²) >= 11 is 0. The molecular weight excluding hydrogens is 212 g/mol. The van der Waals surface area contributed by atoms with E-state index in [0.717, 1.165) is 6.54 Å². The molecule has 0 spiro atoms. The van der Waals surface area contributed by atoms with Gasteiger partial charge in [-0.05, 0) is 34.9 Å². The summed E-state index contributed by atoms with van der Waals surface area (Å²) in [6.07, 6.45) is 0. The topological polar surface area (TPSA) is 49.4 Å². The number of hydrogen-bond acceptors (Lipinski definition) is 4. The second-order valence-corrected chi connectivity index (χ2v) is 7.21. The van der Waals surface area contributed by atoms with E-state index in [-0.39, 0.29) is 11.0 Å². The van der Waals surface area contributed by atoms with Gasteiger partial charge in [-0.3, -0.25) is 0 Å². The first-order valence-electron chi connectivity index (χ1n) is 5.35. The van der Waals surface area contributed by atoms with Gasteiger partial charge in [0.25, 0.3) is 0 Å². The van der Waals surface area contributed by atoms with Gasteiger partial charge in [0.1, 0.15) is 0 Å². The lowest BCUT2D eigenvalue weighted by atomic mass is 10.3. The first-order chi connectivity index (χ1) is 6.75. The maximum absolute atomic E-state index is 11.5. The third-order valence-corrected chi connectivity index (χ3v) is 4.45. The van der Waals surface area contributed by atoms with E-state index in [2.05, 4.69) is 17.1 Å². The number of likely N-dealkylation sites (N-methyl/N-ethyl adjacent to an activating group) is 1. The summed E-state index contributed by atoms with van der Waals surface area (Å²) in [6.45, 7) is 6.95. The van der Waals surface area contributed by atoms with Crippen molar-refractivity contribution in [3.05, 3.63) is 0 Å². The normalized spacial score (nSPS) is 14.9. The van der Waals surface area contributed by atoms with Crippen LogP contribution in [0, 0.1) is 0 Å². The Labute approximate surface area is 94.0 Å². The maximum atomic E-state index is 11.5. The maximum Gasteiger partial charge on any atom is 0.153 e. The zero-order chi connectivity index (χ0) is 12.1. The average Bonchev–Trinajstić information content (AvgIpc) is 2.01. The Morgan fingerprint density at radius 1 is 1.20 bits per heavy atom. The molecule has 0 saturated carbocycles. The van der Waals surface area contributed by atoms with Crippen LogP contribution in [-0.2, 0) is 9.84 Å². The van der Waals surface area contributed by atoms with Crippen LogP contribution in [0.25, 0.3) is 0 Å². The van der Waals surface area contributed by atoms with Gasteiger partial charge in [-0.25, -0.2) is 8.42 Å². The van der Waals surface area contributed by atoms with Gasteiger partial charge in [0.2, 0.25) is 0 Å². The number of sulfone groups is 1. The molecule has 0 amide bonds. The van der Waals surface area contributed by atoms with Crippen molar-refractivity contribution in [2.45, 2.75) is 32.1 Å². The van der Waals surface area contributed by atoms with Crippen molar-refractivity contribution in [3.8, 4) is 0 Å². The molecule has 0 radical (unpaired) electrons. The summed E-state index contributed by atoms with van der Waals surface area (Å²) in [4.78, 5) is 2.08. The predicted molar refractivity (Wildman–Crippen MR) is 64.9 cm³/mol. The molecule has 0 bridgehead atoms. The zero-order valence-corrected chi connectivity index (χ0v) is 11.3. The molecule has 0 aliphatic carbocycles. The van der Waals surface area contributed by atoms with Gasteiger partial charge in [-0.1, -0.05) is 0 Å². The van der Waals surface area contributed by atoms with Crippen molar-refractivity contribution in [1.82, 2.24) is 10.2 Å². The SMILES string of the molecule is CC(CN(C)C)NCCS(=O)(=O)C(C)C. The molecule has 0 aromatic carbocycles. The number of nitrogens with zero attached hydrogens (tertiary/aromatic N) is 1. The van der Waals surface area contributed by atoms with Crippen LogP contribution in [0.4, 0.5) is 0 Å². The van der Waals surface area contributed by atoms with Crippen LogP contribution in [-0.4, -0.2) is 57.5 Å². The number of hydrogen-bond donors (Lipinski definition) is 1. The summed E-state index contributed by atoms with van der Waals surface area (Å²) in [6, 6.07) is 0.322. The summed E-state index contributed by atoms with van der Waals surface area (Å²) < 4.78 is 23.0. The van der Waals surface area contributed by atoms with Crippen LogP contribution < -0.4 is 5.32 Å². The predicted octanol–water partition coefficient (Wildman–Crippen LogP) is 0.349. The van der Waals surface area contributed by atoms with Gasteiger partial charge in [-0.2, -0.15) is 0 Å². The van der Waals surface area contributed by atoms with E-state index in [1.165, 1.54) is 0 Å². The Morgan fingerprint density at radius 2 is 1.73 bits per heavy atom. The number of nitrogens with one attached hydrogen (secondary N) is 1. The van der Waals surface area contributed by atoms with Crippen LogP contribution in [0.5, 0.6) is 0 Å². The second-order valence-electron chi connectivity index (χ2n) is 4.53. The molecule has 0 aliphatic heterocycles. The molecule has 0 heterocycles. The van der Waals surface area contributed by atoms with Gasteiger partial charge in [0, 0.05) is 19.1 Å². The van der Waals surface area contributed by atoms with Crippen molar-refractivity contribution in [1.29, 1.82) is 0 Å². The Kier molecular flexibility index (Phi) is 6.40. The Morgan fingerprint density at radius 3 is 2.13 bits per heavy atom. The molecule has 0 aliphatic rings. The lowest BCUT2D eigenvalue weighted by Gasteiger charge is -2.18. The van der Waals surface area contributed by atoms with Crippen LogP contribution in [0.3, 0.4) is 0 Å². The van der Waals surface area contributed by atoms with E-state index in [0.29, 0.717) is 12.6 Å². The van der Waals surface area contributed by atoms with E-state index in [1.54, 1.807) is 13.8 Å². The minimum absolute atomic E-state index is 0.225. The molecule has 1 unspecified atom stereocenters. The smallest absolute Gasteiger partial charge is 0.153 e. The van der Waals surface area contributed by atoms with E-state index in [9.17, 15) is 8.42 Å². The lowest BCUT2D eigenvalue weighted by Crippen LogP contribution is -2.38. The molecule has 0 aromatic heterocycles. The summed E-state index contributed by atoms with van der Waals surface area (Å²) in [5, 5.41) is 2.93. The summed E-state index contributed by atoms with van der Waals surface area (Å²) in [5.74, 6) is 0.225. The molecule has 92 valence electrons. The molecule has 0 saturated heterocycles. The molecule has 0 rings (SSSR count). The first kappa shape index (κ1) is 14.9. The van der Waals surface area contributed by atoms with Crippen molar-refractivity contribution < 1.29 is 8.42 Å². The largest absolute Gasteiger partial charge is 0.312 e. The summed E-state index contributed by atoms with van der Waals surface area (Å²) in [5.41, 5.74) is 0. The van der Waals surface area contributed by atoms with Crippen molar-refractivity contribution in [2.24, 2.45) is 0 Å². The number of rotatable bonds is 7. The first-order valence-corrected chi connectivity index (χ1v) is 7.07. The fraction of sp³-hybridized carbons (Fsp3) is 1.00. The standard InChI is InChI=1S/C10H24N2O2S/c1-9(2)15(13,14)7-6-11-10(3)8-12(4)5/h9-11H,6-8H2,1-5H3. The molecule has 15 heavy (non-hydrogen) atoms. The van der Waals surface area contributed by atoms with E-state index >= 15 is 0 Å². The van der Waals surface area contributed by atoms with Gasteiger partial charge >= 0.3 is 0 Å². The Balaban J connectivity index is 3.80. The lowest BCUT2D eigenvalue weighted by molar-refractivity contribution is 0.353. The monoisotopic (exact) mass is 236 g/mol. The van der Waals surface area contributed by atoms with Crippen LogP contribution >= 0.6 is 0 Å². The third kappa shape index (κ3) is 6.87. The molecule has 5 heteroatoms. The highest BCUT2D eigenvalue weighted by atomic mass is 32.2. The van der Waals surface area contributed by atoms with Crippen LogP contribution in [0.15, 0.2) is 0 Å². The molecule has 1 atom stereocenters. The van der Waals surface area contributed by atoms with Crippen molar-refractivity contribution >= 4 is 9.84 Å². The zero-order valence-electron chi connectivity index (χ0n) is 10.4. The minimum atomic E-state index is -2.90. The fourth-order valence-corrected chi connectivity index (χ4v) is 2.17. The Hall–Kier alpha value is -0.130. The van der Waals surface area contributed by atoms with Crippen LogP contribution in [0.2, 0.25) is 0 Å². The van der Waals surface area contributed by atoms with Gasteiger partial charge in [0.05, 0.1) is 11.0 Å². The highest BCUT2D eigenvalue weighted by Gasteiger charge is 2.15. The van der Waals surface area contributed by atoms with Gasteiger partial charge in [-0.15, -0.1) is 0 Å². The third-order valence-electron chi connectivity index (χ3n) is 2.24. The fourth-order valence-electron chi connectivity index (χ4n) is 1.30. The highest BCUT2D eigenvalue weighted by Crippen LogP contribution is 1.99.